The molecule has 1 N–H and O–H groups in total. The van der Waals surface area contributed by atoms with Crippen LogP contribution in [-0.4, -0.2) is 39.4 Å². The van der Waals surface area contributed by atoms with E-state index in [0.717, 1.165) is 19.5 Å². The maximum Gasteiger partial charge on any atom is 0.0534 e. The molecule has 4 rings (SSSR count). The number of aromatic nitrogens is 2. The van der Waals surface area contributed by atoms with Crippen LogP contribution in [0.15, 0.2) is 42.7 Å². The van der Waals surface area contributed by atoms with Gasteiger partial charge >= 0.3 is 0 Å². The molecule has 4 heteroatoms. The molecule has 3 heterocycles. The van der Waals surface area contributed by atoms with Crippen molar-refractivity contribution in [3.8, 4) is 0 Å². The molecule has 4 nitrogen and oxygen atoms in total. The predicted molar refractivity (Wildman–Crippen MR) is 106 cm³/mol. The molecule has 2 saturated heterocycles. The van der Waals surface area contributed by atoms with Gasteiger partial charge in [0, 0.05) is 43.0 Å². The highest BCUT2D eigenvalue weighted by Gasteiger charge is 2.40. The summed E-state index contributed by atoms with van der Waals surface area (Å²) in [7, 11) is 0. The maximum atomic E-state index is 4.50. The van der Waals surface area contributed by atoms with E-state index in [1.165, 1.54) is 49.8 Å². The third-order valence-electron chi connectivity index (χ3n) is 6.16. The van der Waals surface area contributed by atoms with E-state index in [1.54, 1.807) is 0 Å². The van der Waals surface area contributed by atoms with Crippen LogP contribution < -0.4 is 5.32 Å². The molecular formula is C22H32N4. The van der Waals surface area contributed by atoms with Crippen molar-refractivity contribution in [1.82, 2.24) is 20.0 Å². The molecule has 2 aliphatic rings. The molecule has 2 fully saturated rings. The van der Waals surface area contributed by atoms with Gasteiger partial charge in [0.05, 0.1) is 6.20 Å². The van der Waals surface area contributed by atoms with Gasteiger partial charge in [0.25, 0.3) is 0 Å². The second-order valence-electron chi connectivity index (χ2n) is 7.93. The Morgan fingerprint density at radius 3 is 2.81 bits per heavy atom. The summed E-state index contributed by atoms with van der Waals surface area (Å²) in [4.78, 5) is 2.78. The fourth-order valence-corrected chi connectivity index (χ4v) is 4.82. The van der Waals surface area contributed by atoms with Crippen LogP contribution in [0.1, 0.15) is 50.2 Å². The summed E-state index contributed by atoms with van der Waals surface area (Å²) in [6, 6.07) is 12.9. The number of fused-ring (bicyclic) bond motifs is 1. The van der Waals surface area contributed by atoms with Crippen molar-refractivity contribution in [2.75, 3.05) is 6.54 Å². The van der Waals surface area contributed by atoms with E-state index in [2.05, 4.69) is 65.0 Å². The van der Waals surface area contributed by atoms with Crippen LogP contribution >= 0.6 is 0 Å². The Kier molecular flexibility index (Phi) is 5.71. The summed E-state index contributed by atoms with van der Waals surface area (Å²) in [5.41, 5.74) is 2.81. The Hall–Kier alpha value is -1.65. The van der Waals surface area contributed by atoms with Gasteiger partial charge in [0.15, 0.2) is 0 Å². The van der Waals surface area contributed by atoms with Gasteiger partial charge in [-0.1, -0.05) is 43.2 Å². The van der Waals surface area contributed by atoms with Gasteiger partial charge in [-0.15, -0.1) is 0 Å². The third-order valence-corrected chi connectivity index (χ3v) is 6.16. The second-order valence-corrected chi connectivity index (χ2v) is 7.93. The Bertz CT molecular complexity index is 680. The van der Waals surface area contributed by atoms with Crippen molar-refractivity contribution < 1.29 is 0 Å². The molecule has 2 aromatic rings. The molecule has 26 heavy (non-hydrogen) atoms. The van der Waals surface area contributed by atoms with Crippen LogP contribution in [0.25, 0.3) is 0 Å². The number of aryl methyl sites for hydroxylation is 1. The lowest BCUT2D eigenvalue weighted by atomic mass is 9.98. The van der Waals surface area contributed by atoms with E-state index in [0.29, 0.717) is 18.1 Å². The zero-order chi connectivity index (χ0) is 17.8. The lowest BCUT2D eigenvalue weighted by Crippen LogP contribution is -2.44. The number of nitrogens with zero attached hydrogens (tertiary/aromatic N) is 3. The Morgan fingerprint density at radius 2 is 2.00 bits per heavy atom. The fraction of sp³-hybridized carbons (Fsp3) is 0.591. The van der Waals surface area contributed by atoms with Crippen molar-refractivity contribution >= 4 is 0 Å². The Labute approximate surface area is 157 Å². The van der Waals surface area contributed by atoms with Crippen LogP contribution in [0, 0.1) is 0 Å². The second kappa shape index (κ2) is 8.36. The zero-order valence-electron chi connectivity index (χ0n) is 16.0. The minimum absolute atomic E-state index is 0.614. The Balaban J connectivity index is 1.55. The summed E-state index contributed by atoms with van der Waals surface area (Å²) in [5, 5.41) is 8.37. The minimum Gasteiger partial charge on any atom is -0.312 e. The fourth-order valence-electron chi connectivity index (χ4n) is 4.82. The zero-order valence-corrected chi connectivity index (χ0v) is 16.0. The van der Waals surface area contributed by atoms with Crippen molar-refractivity contribution in [2.24, 2.45) is 0 Å². The van der Waals surface area contributed by atoms with E-state index in [-0.39, 0.29) is 0 Å². The molecule has 0 bridgehead atoms. The number of benzene rings is 1. The highest BCUT2D eigenvalue weighted by molar-refractivity contribution is 5.18. The van der Waals surface area contributed by atoms with Gasteiger partial charge < -0.3 is 5.32 Å². The molecule has 0 saturated carbocycles. The van der Waals surface area contributed by atoms with E-state index < -0.39 is 0 Å². The van der Waals surface area contributed by atoms with Gasteiger partial charge in [-0.05, 0) is 44.7 Å². The normalized spacial score (nSPS) is 27.0. The van der Waals surface area contributed by atoms with Gasteiger partial charge in [0.1, 0.15) is 0 Å². The first-order valence-electron chi connectivity index (χ1n) is 10.4. The number of rotatable bonds is 5. The average Bonchev–Trinajstić information content (AvgIpc) is 3.22. The lowest BCUT2D eigenvalue weighted by molar-refractivity contribution is 0.159. The molecular weight excluding hydrogens is 320 g/mol. The first-order valence-corrected chi connectivity index (χ1v) is 10.4. The monoisotopic (exact) mass is 352 g/mol. The molecule has 0 radical (unpaired) electrons. The Morgan fingerprint density at radius 1 is 1.12 bits per heavy atom. The number of hydrogen-bond acceptors (Lipinski definition) is 3. The largest absolute Gasteiger partial charge is 0.312 e. The number of likely N-dealkylation sites (tertiary alicyclic amines) is 1. The third kappa shape index (κ3) is 4.02. The van der Waals surface area contributed by atoms with Crippen LogP contribution in [-0.2, 0) is 19.5 Å². The first-order chi connectivity index (χ1) is 12.8. The summed E-state index contributed by atoms with van der Waals surface area (Å²) in [6.07, 6.45) is 12.1. The van der Waals surface area contributed by atoms with E-state index in [1.807, 2.05) is 4.68 Å². The summed E-state index contributed by atoms with van der Waals surface area (Å²) in [6.45, 7) is 5.31. The summed E-state index contributed by atoms with van der Waals surface area (Å²) < 4.78 is 2.05. The SMILES string of the molecule is CCn1cc(CN2[C@H](Cc3ccccc3)C[C@@H]3NCCCCC[C@H]32)cn1. The smallest absolute Gasteiger partial charge is 0.0534 e. The van der Waals surface area contributed by atoms with Crippen LogP contribution in [0.3, 0.4) is 0 Å². The molecule has 1 aromatic heterocycles. The van der Waals surface area contributed by atoms with Gasteiger partial charge in [-0.3, -0.25) is 9.58 Å². The maximum absolute atomic E-state index is 4.50. The molecule has 0 aliphatic carbocycles. The lowest BCUT2D eigenvalue weighted by Gasteiger charge is -2.32. The molecule has 3 atom stereocenters. The highest BCUT2D eigenvalue weighted by atomic mass is 15.3. The van der Waals surface area contributed by atoms with Gasteiger partial charge in [-0.25, -0.2) is 0 Å². The van der Waals surface area contributed by atoms with Crippen LogP contribution in [0.2, 0.25) is 0 Å². The number of hydrogen-bond donors (Lipinski definition) is 1. The van der Waals surface area contributed by atoms with E-state index in [4.69, 9.17) is 0 Å². The van der Waals surface area contributed by atoms with Gasteiger partial charge in [0.2, 0.25) is 0 Å². The van der Waals surface area contributed by atoms with Crippen molar-refractivity contribution in [3.05, 3.63) is 53.9 Å². The summed E-state index contributed by atoms with van der Waals surface area (Å²) >= 11 is 0. The molecule has 0 unspecified atom stereocenters. The number of nitrogens with one attached hydrogen (secondary N) is 1. The quantitative estimate of drug-likeness (QED) is 0.892. The van der Waals surface area contributed by atoms with Crippen molar-refractivity contribution in [1.29, 1.82) is 0 Å². The van der Waals surface area contributed by atoms with Crippen LogP contribution in [0.4, 0.5) is 0 Å². The predicted octanol–water partition coefficient (Wildman–Crippen LogP) is 3.62. The van der Waals surface area contributed by atoms with E-state index in [9.17, 15) is 0 Å². The average molecular weight is 353 g/mol. The molecule has 0 spiro atoms. The standard InChI is InChI=1S/C22H32N4/c1-2-25-16-19(15-24-25)17-26-20(13-18-9-5-3-6-10-18)14-21-22(26)11-7-4-8-12-23-21/h3,5-6,9-10,15-16,20-23H,2,4,7-8,11-14,17H2,1H3/t20-,21+,22-/m1/s1. The van der Waals surface area contributed by atoms with E-state index >= 15 is 0 Å². The summed E-state index contributed by atoms with van der Waals surface area (Å²) in [5.74, 6) is 0. The molecule has 0 amide bonds. The first kappa shape index (κ1) is 17.7. The van der Waals surface area contributed by atoms with Gasteiger partial charge in [-0.2, -0.15) is 5.10 Å². The molecule has 140 valence electrons. The molecule has 2 aliphatic heterocycles. The minimum atomic E-state index is 0.614. The van der Waals surface area contributed by atoms with Crippen molar-refractivity contribution in [3.63, 3.8) is 0 Å². The van der Waals surface area contributed by atoms with Crippen LogP contribution in [0.5, 0.6) is 0 Å². The highest BCUT2D eigenvalue weighted by Crippen LogP contribution is 2.33. The molecule has 1 aromatic carbocycles. The van der Waals surface area contributed by atoms with Crippen molar-refractivity contribution in [2.45, 2.75) is 76.7 Å². The topological polar surface area (TPSA) is 33.1 Å².